The third-order valence-corrected chi connectivity index (χ3v) is 5.13. The summed E-state index contributed by atoms with van der Waals surface area (Å²) in [5.74, 6) is -0.845. The van der Waals surface area contributed by atoms with Crippen LogP contribution in [0.5, 0.6) is 5.75 Å². The molecule has 150 valence electrons. The van der Waals surface area contributed by atoms with Gasteiger partial charge in [0.1, 0.15) is 17.9 Å². The van der Waals surface area contributed by atoms with Crippen LogP contribution in [0, 0.1) is 0 Å². The highest BCUT2D eigenvalue weighted by Gasteiger charge is 2.35. The van der Waals surface area contributed by atoms with Gasteiger partial charge in [-0.1, -0.05) is 18.2 Å². The Balaban J connectivity index is 1.51. The molecule has 2 aromatic rings. The molecule has 2 aromatic carbocycles. The summed E-state index contributed by atoms with van der Waals surface area (Å²) >= 11 is 0. The van der Waals surface area contributed by atoms with E-state index >= 15 is 0 Å². The normalized spacial score (nSPS) is 18.1. The summed E-state index contributed by atoms with van der Waals surface area (Å²) in [6.45, 7) is 0.925. The van der Waals surface area contributed by atoms with Gasteiger partial charge in [-0.15, -0.1) is 0 Å². The van der Waals surface area contributed by atoms with E-state index in [1.807, 2.05) is 0 Å². The third-order valence-electron chi connectivity index (χ3n) is 5.13. The van der Waals surface area contributed by atoms with E-state index in [-0.39, 0.29) is 36.6 Å². The molecule has 1 atom stereocenters. The van der Waals surface area contributed by atoms with Gasteiger partial charge < -0.3 is 14.2 Å². The number of carbonyl (C=O) groups is 3. The maximum atomic E-state index is 12.6. The molecule has 1 unspecified atom stereocenters. The van der Waals surface area contributed by atoms with Gasteiger partial charge in [0.2, 0.25) is 0 Å². The first-order valence-corrected chi connectivity index (χ1v) is 9.49. The Morgan fingerprint density at radius 1 is 1.14 bits per heavy atom. The van der Waals surface area contributed by atoms with Gasteiger partial charge in [-0.25, -0.2) is 4.79 Å². The second kappa shape index (κ2) is 8.05. The summed E-state index contributed by atoms with van der Waals surface area (Å²) in [6.07, 6.45) is 1.75. The van der Waals surface area contributed by atoms with Crippen molar-refractivity contribution in [2.24, 2.45) is 0 Å². The van der Waals surface area contributed by atoms with E-state index in [0.29, 0.717) is 29.0 Å². The van der Waals surface area contributed by atoms with E-state index in [1.54, 1.807) is 42.5 Å². The predicted octanol–water partition coefficient (Wildman–Crippen LogP) is 2.83. The number of methoxy groups -OCH3 is 1. The molecule has 1 saturated heterocycles. The third kappa shape index (κ3) is 3.73. The van der Waals surface area contributed by atoms with Gasteiger partial charge in [0, 0.05) is 6.61 Å². The molecule has 0 spiro atoms. The Bertz CT molecular complexity index is 929. The maximum absolute atomic E-state index is 12.6. The van der Waals surface area contributed by atoms with Crippen molar-refractivity contribution in [3.05, 3.63) is 64.7 Å². The molecule has 7 heteroatoms. The van der Waals surface area contributed by atoms with Gasteiger partial charge in [0.05, 0.1) is 30.9 Å². The van der Waals surface area contributed by atoms with E-state index in [1.165, 1.54) is 12.0 Å². The first kappa shape index (κ1) is 19.1. The van der Waals surface area contributed by atoms with Crippen molar-refractivity contribution in [1.29, 1.82) is 0 Å². The standard InChI is InChI=1S/C22H21NO6/c1-27-19-9-8-14(11-18(19)22(26)29-13-15-5-4-10-28-15)12-23-20(24)16-6-2-3-7-17(16)21(23)25/h2-3,6-9,11,15H,4-5,10,12-13H2,1H3. The molecule has 0 N–H and O–H groups in total. The van der Waals surface area contributed by atoms with Crippen LogP contribution in [0.15, 0.2) is 42.5 Å². The van der Waals surface area contributed by atoms with Crippen LogP contribution < -0.4 is 4.74 Å². The molecule has 0 saturated carbocycles. The molecule has 0 aliphatic carbocycles. The number of hydrogen-bond donors (Lipinski definition) is 0. The number of carbonyl (C=O) groups excluding carboxylic acids is 3. The first-order valence-electron chi connectivity index (χ1n) is 9.49. The largest absolute Gasteiger partial charge is 0.496 e. The van der Waals surface area contributed by atoms with Crippen LogP contribution in [0.1, 0.15) is 49.5 Å². The summed E-state index contributed by atoms with van der Waals surface area (Å²) in [4.78, 5) is 38.9. The van der Waals surface area contributed by atoms with Gasteiger partial charge >= 0.3 is 5.97 Å². The molecule has 0 aromatic heterocycles. The summed E-state index contributed by atoms with van der Waals surface area (Å²) in [7, 11) is 1.47. The van der Waals surface area contributed by atoms with Crippen LogP contribution in [-0.4, -0.2) is 49.1 Å². The molecule has 0 radical (unpaired) electrons. The van der Waals surface area contributed by atoms with Gasteiger partial charge in [-0.3, -0.25) is 14.5 Å². The van der Waals surface area contributed by atoms with Crippen molar-refractivity contribution in [2.75, 3.05) is 20.3 Å². The molecule has 0 bridgehead atoms. The Kier molecular flexibility index (Phi) is 5.31. The lowest BCUT2D eigenvalue weighted by Gasteiger charge is -2.16. The van der Waals surface area contributed by atoms with Crippen molar-refractivity contribution in [3.63, 3.8) is 0 Å². The van der Waals surface area contributed by atoms with Gasteiger partial charge in [-0.2, -0.15) is 0 Å². The summed E-state index contributed by atoms with van der Waals surface area (Å²) in [5, 5.41) is 0. The van der Waals surface area contributed by atoms with Crippen molar-refractivity contribution in [1.82, 2.24) is 4.90 Å². The van der Waals surface area contributed by atoms with Crippen LogP contribution >= 0.6 is 0 Å². The fourth-order valence-corrected chi connectivity index (χ4v) is 3.60. The quantitative estimate of drug-likeness (QED) is 0.553. The Hall–Kier alpha value is -3.19. The lowest BCUT2D eigenvalue weighted by atomic mass is 10.1. The smallest absolute Gasteiger partial charge is 0.342 e. The summed E-state index contributed by atoms with van der Waals surface area (Å²) in [6, 6.07) is 11.7. The second-order valence-electron chi connectivity index (χ2n) is 7.01. The minimum absolute atomic E-state index is 0.0579. The minimum atomic E-state index is -0.526. The molecule has 2 heterocycles. The highest BCUT2D eigenvalue weighted by atomic mass is 16.6. The van der Waals surface area contributed by atoms with Crippen LogP contribution in [0.25, 0.3) is 0 Å². The van der Waals surface area contributed by atoms with E-state index in [2.05, 4.69) is 0 Å². The number of hydrogen-bond acceptors (Lipinski definition) is 6. The average molecular weight is 395 g/mol. The van der Waals surface area contributed by atoms with Crippen LogP contribution in [-0.2, 0) is 16.0 Å². The van der Waals surface area contributed by atoms with E-state index in [0.717, 1.165) is 12.8 Å². The Labute approximate surface area is 168 Å². The zero-order chi connectivity index (χ0) is 20.4. The summed E-state index contributed by atoms with van der Waals surface area (Å²) < 4.78 is 16.1. The van der Waals surface area contributed by atoms with Crippen molar-refractivity contribution >= 4 is 17.8 Å². The van der Waals surface area contributed by atoms with Gasteiger partial charge in [0.25, 0.3) is 11.8 Å². The van der Waals surface area contributed by atoms with Crippen LogP contribution in [0.2, 0.25) is 0 Å². The monoisotopic (exact) mass is 395 g/mol. The number of ether oxygens (including phenoxy) is 3. The van der Waals surface area contributed by atoms with Gasteiger partial charge in [-0.05, 0) is 42.7 Å². The molecule has 29 heavy (non-hydrogen) atoms. The van der Waals surface area contributed by atoms with Crippen LogP contribution in [0.3, 0.4) is 0 Å². The highest BCUT2D eigenvalue weighted by molar-refractivity contribution is 6.21. The van der Waals surface area contributed by atoms with Crippen molar-refractivity contribution < 1.29 is 28.6 Å². The van der Waals surface area contributed by atoms with Crippen molar-refractivity contribution in [3.8, 4) is 5.75 Å². The highest BCUT2D eigenvalue weighted by Crippen LogP contribution is 2.27. The summed E-state index contributed by atoms with van der Waals surface area (Å²) in [5.41, 5.74) is 1.66. The fourth-order valence-electron chi connectivity index (χ4n) is 3.60. The topological polar surface area (TPSA) is 82.1 Å². The van der Waals surface area contributed by atoms with Crippen molar-refractivity contribution in [2.45, 2.75) is 25.5 Å². The number of fused-ring (bicyclic) bond motifs is 1. The maximum Gasteiger partial charge on any atom is 0.342 e. The van der Waals surface area contributed by atoms with E-state index < -0.39 is 5.97 Å². The number of imide groups is 1. The number of benzene rings is 2. The number of amides is 2. The Morgan fingerprint density at radius 3 is 2.48 bits per heavy atom. The molecule has 7 nitrogen and oxygen atoms in total. The lowest BCUT2D eigenvalue weighted by Crippen LogP contribution is -2.29. The molecular weight excluding hydrogens is 374 g/mol. The molecule has 2 aliphatic rings. The average Bonchev–Trinajstić information content (AvgIpc) is 3.35. The fraction of sp³-hybridized carbons (Fsp3) is 0.318. The molecular formula is C22H21NO6. The SMILES string of the molecule is COc1ccc(CN2C(=O)c3ccccc3C2=O)cc1C(=O)OCC1CCCO1. The zero-order valence-electron chi connectivity index (χ0n) is 16.1. The first-order chi connectivity index (χ1) is 14.1. The second-order valence-corrected chi connectivity index (χ2v) is 7.01. The molecule has 1 fully saturated rings. The molecule has 4 rings (SSSR count). The minimum Gasteiger partial charge on any atom is -0.496 e. The predicted molar refractivity (Wildman–Crippen MR) is 103 cm³/mol. The lowest BCUT2D eigenvalue weighted by molar-refractivity contribution is 0.0159. The number of rotatable bonds is 6. The molecule has 2 amide bonds. The van der Waals surface area contributed by atoms with E-state index in [4.69, 9.17) is 14.2 Å². The molecule has 2 aliphatic heterocycles. The van der Waals surface area contributed by atoms with Crippen LogP contribution in [0.4, 0.5) is 0 Å². The zero-order valence-corrected chi connectivity index (χ0v) is 16.1. The number of nitrogens with zero attached hydrogens (tertiary/aromatic N) is 1. The van der Waals surface area contributed by atoms with Gasteiger partial charge in [0.15, 0.2) is 0 Å². The Morgan fingerprint density at radius 2 is 1.86 bits per heavy atom. The van der Waals surface area contributed by atoms with E-state index in [9.17, 15) is 14.4 Å². The number of esters is 1.